The van der Waals surface area contributed by atoms with Crippen molar-refractivity contribution in [3.05, 3.63) is 212 Å². The Bertz CT molecular complexity index is 2540. The van der Waals surface area contributed by atoms with Crippen LogP contribution in [0.15, 0.2) is 140 Å². The van der Waals surface area contributed by atoms with Crippen molar-refractivity contribution >= 4 is 34.1 Å². The highest BCUT2D eigenvalue weighted by Gasteiger charge is 2.19. The van der Waals surface area contributed by atoms with E-state index in [1.54, 1.807) is 0 Å². The van der Waals surface area contributed by atoms with Gasteiger partial charge in [0.05, 0.1) is 0 Å². The Morgan fingerprint density at radius 3 is 1.30 bits per heavy atom. The Labute approximate surface area is 342 Å². The van der Waals surface area contributed by atoms with Crippen LogP contribution in [0.2, 0.25) is 0 Å². The maximum atomic E-state index is 2.43. The van der Waals surface area contributed by atoms with Gasteiger partial charge in [-0.3, -0.25) is 0 Å². The smallest absolute Gasteiger partial charge is 0.0493 e. The van der Waals surface area contributed by atoms with Crippen molar-refractivity contribution in [1.82, 2.24) is 0 Å². The molecule has 2 heteroatoms. The van der Waals surface area contributed by atoms with Gasteiger partial charge in [0.15, 0.2) is 0 Å². The van der Waals surface area contributed by atoms with Gasteiger partial charge in [-0.15, -0.1) is 0 Å². The largest absolute Gasteiger partial charge is 0.310 e. The molecule has 0 saturated heterocycles. The van der Waals surface area contributed by atoms with Crippen LogP contribution in [0.3, 0.4) is 0 Å². The van der Waals surface area contributed by atoms with E-state index in [4.69, 9.17) is 0 Å². The SMILES string of the molecule is Cc1cccc(N(c2ccc(CCc3ccc(CCc4ccc(N(c5cccc(C)c5)c5cccc(C)c5C)c(C)c4)c(C)c3)c(C)c2)c2cccc(C)c2C)c1. The first-order chi connectivity index (χ1) is 27.5. The maximum Gasteiger partial charge on any atom is 0.0493 e. The molecule has 7 rings (SSSR count). The van der Waals surface area contributed by atoms with Gasteiger partial charge in [-0.1, -0.05) is 84.9 Å². The fourth-order valence-corrected chi connectivity index (χ4v) is 8.30. The minimum Gasteiger partial charge on any atom is -0.310 e. The molecule has 0 aliphatic heterocycles. The van der Waals surface area contributed by atoms with Crippen LogP contribution < -0.4 is 9.80 Å². The van der Waals surface area contributed by atoms with Crippen molar-refractivity contribution < 1.29 is 0 Å². The molecule has 2 nitrogen and oxygen atoms in total. The normalized spacial score (nSPS) is 11.2. The number of hydrogen-bond acceptors (Lipinski definition) is 2. The standard InChI is InChI=1S/C55H58N2/c1-37-14-10-18-50(32-37)56(54-20-12-16-39(3)44(54)8)52-30-29-49(42(6)36-52)28-23-46-22-26-48(41(5)34-46)27-24-47-25-31-53(43(7)35-47)57(51-19-11-15-38(2)33-51)55-21-13-17-40(4)45(55)9/h10-22,25-26,29-36H,23-24,27-28H2,1-9H3. The lowest BCUT2D eigenvalue weighted by Crippen LogP contribution is -2.13. The van der Waals surface area contributed by atoms with Gasteiger partial charge in [0.2, 0.25) is 0 Å². The van der Waals surface area contributed by atoms with E-state index in [0.29, 0.717) is 0 Å². The van der Waals surface area contributed by atoms with E-state index in [-0.39, 0.29) is 0 Å². The summed E-state index contributed by atoms with van der Waals surface area (Å²) in [5, 5.41) is 0. The molecule has 0 heterocycles. The van der Waals surface area contributed by atoms with E-state index in [9.17, 15) is 0 Å². The molecule has 0 aromatic heterocycles. The molecule has 7 aromatic rings. The fourth-order valence-electron chi connectivity index (χ4n) is 8.30. The molecule has 0 unspecified atom stereocenters. The third-order valence-electron chi connectivity index (χ3n) is 12.0. The first kappa shape index (κ1) is 39.4. The number of aryl methyl sites for hydroxylation is 11. The monoisotopic (exact) mass is 746 g/mol. The number of hydrogen-bond donors (Lipinski definition) is 0. The van der Waals surface area contributed by atoms with E-state index in [1.807, 2.05) is 0 Å². The minimum atomic E-state index is 1.02. The molecule has 0 fully saturated rings. The summed E-state index contributed by atoms with van der Waals surface area (Å²) < 4.78 is 0. The van der Waals surface area contributed by atoms with Crippen molar-refractivity contribution in [2.45, 2.75) is 88.0 Å². The van der Waals surface area contributed by atoms with Crippen LogP contribution in [0.25, 0.3) is 0 Å². The van der Waals surface area contributed by atoms with Gasteiger partial charge in [-0.25, -0.2) is 0 Å². The predicted molar refractivity (Wildman–Crippen MR) is 246 cm³/mol. The van der Waals surface area contributed by atoms with Crippen LogP contribution in [0.1, 0.15) is 72.3 Å². The van der Waals surface area contributed by atoms with Crippen LogP contribution in [0.4, 0.5) is 34.1 Å². The summed E-state index contributed by atoms with van der Waals surface area (Å²) in [7, 11) is 0. The fraction of sp³-hybridized carbons (Fsp3) is 0.236. The Balaban J connectivity index is 1.04. The zero-order chi connectivity index (χ0) is 40.2. The second-order valence-electron chi connectivity index (χ2n) is 16.3. The summed E-state index contributed by atoms with van der Waals surface area (Å²) in [5.74, 6) is 0. The third-order valence-corrected chi connectivity index (χ3v) is 12.0. The Morgan fingerprint density at radius 1 is 0.316 bits per heavy atom. The van der Waals surface area contributed by atoms with Gasteiger partial charge in [0.1, 0.15) is 0 Å². The first-order valence-electron chi connectivity index (χ1n) is 20.6. The third kappa shape index (κ3) is 8.76. The van der Waals surface area contributed by atoms with Crippen molar-refractivity contribution in [2.24, 2.45) is 0 Å². The molecular weight excluding hydrogens is 689 g/mol. The second kappa shape index (κ2) is 17.1. The highest BCUT2D eigenvalue weighted by atomic mass is 15.2. The quantitative estimate of drug-likeness (QED) is 0.123. The van der Waals surface area contributed by atoms with Crippen molar-refractivity contribution in [3.63, 3.8) is 0 Å². The average Bonchev–Trinajstić information content (AvgIpc) is 3.18. The molecule has 288 valence electrons. The van der Waals surface area contributed by atoms with E-state index < -0.39 is 0 Å². The van der Waals surface area contributed by atoms with Crippen molar-refractivity contribution in [2.75, 3.05) is 9.80 Å². The molecule has 0 spiro atoms. The number of anilines is 6. The Hall–Kier alpha value is -5.86. The van der Waals surface area contributed by atoms with Gasteiger partial charge in [0.25, 0.3) is 0 Å². The predicted octanol–water partition coefficient (Wildman–Crippen LogP) is 15.0. The molecule has 0 aliphatic carbocycles. The van der Waals surface area contributed by atoms with E-state index in [2.05, 4.69) is 212 Å². The minimum absolute atomic E-state index is 1.02. The summed E-state index contributed by atoms with van der Waals surface area (Å²) in [6.45, 7) is 20.0. The maximum absolute atomic E-state index is 2.43. The number of rotatable bonds is 12. The van der Waals surface area contributed by atoms with Crippen LogP contribution >= 0.6 is 0 Å². The molecule has 0 radical (unpaired) electrons. The zero-order valence-electron chi connectivity index (χ0n) is 35.5. The lowest BCUT2D eigenvalue weighted by molar-refractivity contribution is 0.924. The zero-order valence-corrected chi connectivity index (χ0v) is 35.5. The van der Waals surface area contributed by atoms with Crippen LogP contribution in [-0.4, -0.2) is 0 Å². The second-order valence-corrected chi connectivity index (χ2v) is 16.3. The van der Waals surface area contributed by atoms with Crippen LogP contribution in [-0.2, 0) is 25.7 Å². The lowest BCUT2D eigenvalue weighted by atomic mass is 9.94. The Morgan fingerprint density at radius 2 is 0.772 bits per heavy atom. The topological polar surface area (TPSA) is 6.48 Å². The van der Waals surface area contributed by atoms with Gasteiger partial charge >= 0.3 is 0 Å². The molecular formula is C55H58N2. The van der Waals surface area contributed by atoms with Crippen LogP contribution in [0, 0.1) is 62.3 Å². The molecule has 57 heavy (non-hydrogen) atoms. The molecule has 7 aromatic carbocycles. The lowest BCUT2D eigenvalue weighted by Gasteiger charge is -2.29. The van der Waals surface area contributed by atoms with Gasteiger partial charge in [-0.2, -0.15) is 0 Å². The Kier molecular flexibility index (Phi) is 11.8. The summed E-state index contributed by atoms with van der Waals surface area (Å²) in [4.78, 5) is 4.84. The molecule has 0 atom stereocenters. The summed E-state index contributed by atoms with van der Waals surface area (Å²) in [6.07, 6.45) is 4.09. The summed E-state index contributed by atoms with van der Waals surface area (Å²) >= 11 is 0. The number of nitrogens with zero attached hydrogens (tertiary/aromatic N) is 2. The van der Waals surface area contributed by atoms with E-state index >= 15 is 0 Å². The summed E-state index contributed by atoms with van der Waals surface area (Å²) in [5.41, 5.74) is 24.7. The molecule has 0 aliphatic rings. The van der Waals surface area contributed by atoms with Gasteiger partial charge < -0.3 is 9.80 Å². The van der Waals surface area contributed by atoms with Crippen molar-refractivity contribution in [3.8, 4) is 0 Å². The van der Waals surface area contributed by atoms with Gasteiger partial charge in [0, 0.05) is 34.1 Å². The molecule has 0 saturated carbocycles. The van der Waals surface area contributed by atoms with Gasteiger partial charge in [-0.05, 0) is 215 Å². The van der Waals surface area contributed by atoms with E-state index in [1.165, 1.54) is 106 Å². The van der Waals surface area contributed by atoms with E-state index in [0.717, 1.165) is 25.7 Å². The number of benzene rings is 7. The average molecular weight is 747 g/mol. The summed E-state index contributed by atoms with van der Waals surface area (Å²) in [6, 6.07) is 52.1. The first-order valence-corrected chi connectivity index (χ1v) is 20.6. The van der Waals surface area contributed by atoms with Crippen molar-refractivity contribution in [1.29, 1.82) is 0 Å². The van der Waals surface area contributed by atoms with Crippen LogP contribution in [0.5, 0.6) is 0 Å². The molecule has 0 amide bonds. The molecule has 0 N–H and O–H groups in total. The molecule has 0 bridgehead atoms. The highest BCUT2D eigenvalue weighted by molar-refractivity contribution is 5.81. The highest BCUT2D eigenvalue weighted by Crippen LogP contribution is 2.41.